The molecule has 2 aliphatic heterocycles. The standard InChI is InChI=1S/C17H17N3O6S2.Na/c1-9(21)26-6-10-7-28-16-13(15(23)20(16)14(10)17(24)25)19-12(22)8-27-11-2-4-18-5-3-11;/h2-5,13,16H,6-8H2,1H3,(H,19,22)(H,24,25);/q;+1/p-1/t13-,16+;/m0./s1. The summed E-state index contributed by atoms with van der Waals surface area (Å²) in [7, 11) is 0. The van der Waals surface area contributed by atoms with E-state index in [1.807, 2.05) is 0 Å². The van der Waals surface area contributed by atoms with E-state index < -0.39 is 29.3 Å². The molecule has 2 atom stereocenters. The van der Waals surface area contributed by atoms with Gasteiger partial charge in [0.05, 0.1) is 17.4 Å². The predicted molar refractivity (Wildman–Crippen MR) is 98.6 cm³/mol. The maximum Gasteiger partial charge on any atom is 1.00 e. The molecule has 2 amide bonds. The number of nitrogens with one attached hydrogen (secondary N) is 1. The van der Waals surface area contributed by atoms with E-state index in [-0.39, 0.29) is 59.3 Å². The number of amides is 2. The van der Waals surface area contributed by atoms with Crippen molar-refractivity contribution in [3.8, 4) is 0 Å². The van der Waals surface area contributed by atoms with Gasteiger partial charge in [-0.25, -0.2) is 0 Å². The Morgan fingerprint density at radius 1 is 1.38 bits per heavy atom. The third-order valence-electron chi connectivity index (χ3n) is 4.03. The fourth-order valence-electron chi connectivity index (χ4n) is 2.77. The third kappa shape index (κ3) is 5.54. The normalized spacial score (nSPS) is 20.2. The number of ether oxygens (including phenoxy) is 1. The third-order valence-corrected chi connectivity index (χ3v) is 6.38. The van der Waals surface area contributed by atoms with E-state index in [9.17, 15) is 24.3 Å². The molecule has 0 spiro atoms. The monoisotopic (exact) mass is 445 g/mol. The topological polar surface area (TPSA) is 129 Å². The van der Waals surface area contributed by atoms with Crippen molar-refractivity contribution >= 4 is 47.3 Å². The van der Waals surface area contributed by atoms with Crippen molar-refractivity contribution in [3.05, 3.63) is 35.8 Å². The number of aromatic nitrogens is 1. The number of carbonyl (C=O) groups is 4. The number of rotatable bonds is 7. The molecule has 1 aromatic heterocycles. The number of β-lactam (4-membered cyclic amide) rings is 1. The Bertz CT molecular complexity index is 851. The molecule has 0 saturated carbocycles. The average molecular weight is 445 g/mol. The molecule has 0 bridgehead atoms. The van der Waals surface area contributed by atoms with Gasteiger partial charge < -0.3 is 20.0 Å². The smallest absolute Gasteiger partial charge is 0.543 e. The van der Waals surface area contributed by atoms with E-state index in [1.165, 1.54) is 30.4 Å². The molecule has 148 valence electrons. The molecule has 2 aliphatic rings. The van der Waals surface area contributed by atoms with Crippen LogP contribution in [-0.2, 0) is 23.9 Å². The Hall–Kier alpha value is -1.53. The molecule has 1 N–H and O–H groups in total. The van der Waals surface area contributed by atoms with Gasteiger partial charge in [0.1, 0.15) is 18.0 Å². The van der Waals surface area contributed by atoms with E-state index in [0.717, 1.165) is 9.80 Å². The molecule has 1 saturated heterocycles. The maximum absolute atomic E-state index is 12.5. The molecule has 3 heterocycles. The van der Waals surface area contributed by atoms with Crippen molar-refractivity contribution in [2.24, 2.45) is 0 Å². The SMILES string of the molecule is CC(=O)OCC1=C(C(=O)[O-])N2C(=O)[C@H](NC(=O)CSc3ccncc3)[C@H]2SC1.[Na+]. The summed E-state index contributed by atoms with van der Waals surface area (Å²) in [5.74, 6) is -2.55. The molecule has 0 aliphatic carbocycles. The molecule has 1 aromatic rings. The van der Waals surface area contributed by atoms with Crippen LogP contribution in [0.25, 0.3) is 0 Å². The Kier molecular flexibility index (Phi) is 8.58. The molecule has 0 aromatic carbocycles. The van der Waals surface area contributed by atoms with Crippen LogP contribution in [0.3, 0.4) is 0 Å². The second-order valence-electron chi connectivity index (χ2n) is 5.95. The number of aliphatic carboxylic acids is 1. The first kappa shape index (κ1) is 23.7. The largest absolute Gasteiger partial charge is 1.00 e. The summed E-state index contributed by atoms with van der Waals surface area (Å²) in [5.41, 5.74) is 0.00878. The molecule has 0 unspecified atom stereocenters. The molecule has 0 radical (unpaired) electrons. The molecular formula is C17H16N3NaO6S2. The minimum absolute atomic E-state index is 0. The summed E-state index contributed by atoms with van der Waals surface area (Å²) < 4.78 is 4.85. The molecular weight excluding hydrogens is 429 g/mol. The van der Waals surface area contributed by atoms with Gasteiger partial charge >= 0.3 is 35.5 Å². The Morgan fingerprint density at radius 3 is 2.69 bits per heavy atom. The van der Waals surface area contributed by atoms with Crippen molar-refractivity contribution < 1.29 is 58.6 Å². The van der Waals surface area contributed by atoms with Crippen LogP contribution in [0.5, 0.6) is 0 Å². The van der Waals surface area contributed by atoms with Crippen LogP contribution in [0.2, 0.25) is 0 Å². The molecule has 1 fully saturated rings. The first-order chi connectivity index (χ1) is 13.4. The van der Waals surface area contributed by atoms with Crippen molar-refractivity contribution in [1.29, 1.82) is 0 Å². The zero-order valence-electron chi connectivity index (χ0n) is 15.7. The van der Waals surface area contributed by atoms with Crippen molar-refractivity contribution in [1.82, 2.24) is 15.2 Å². The summed E-state index contributed by atoms with van der Waals surface area (Å²) in [6.07, 6.45) is 3.24. The number of fused-ring (bicyclic) bond motifs is 1. The number of carboxylic acid groups (broad SMARTS) is 1. The van der Waals surface area contributed by atoms with Crippen molar-refractivity contribution in [2.75, 3.05) is 18.1 Å². The van der Waals surface area contributed by atoms with Crippen LogP contribution in [-0.4, -0.2) is 63.2 Å². The van der Waals surface area contributed by atoms with E-state index in [4.69, 9.17) is 4.74 Å². The van der Waals surface area contributed by atoms with Crippen LogP contribution in [0.1, 0.15) is 6.92 Å². The van der Waals surface area contributed by atoms with Gasteiger partial charge in [0, 0.05) is 35.5 Å². The Morgan fingerprint density at radius 2 is 2.07 bits per heavy atom. The molecule has 3 rings (SSSR count). The summed E-state index contributed by atoms with van der Waals surface area (Å²) in [4.78, 5) is 53.0. The Labute approximate surface area is 197 Å². The van der Waals surface area contributed by atoms with Gasteiger partial charge in [-0.2, -0.15) is 0 Å². The zero-order chi connectivity index (χ0) is 20.3. The quantitative estimate of drug-likeness (QED) is 0.194. The van der Waals surface area contributed by atoms with Crippen LogP contribution in [0.15, 0.2) is 40.7 Å². The number of esters is 1. The average Bonchev–Trinajstić information content (AvgIpc) is 2.68. The van der Waals surface area contributed by atoms with Crippen molar-refractivity contribution in [3.63, 3.8) is 0 Å². The van der Waals surface area contributed by atoms with E-state index in [0.29, 0.717) is 5.57 Å². The fourth-order valence-corrected chi connectivity index (χ4v) is 4.79. The van der Waals surface area contributed by atoms with Crippen LogP contribution in [0, 0.1) is 0 Å². The second kappa shape index (κ2) is 10.5. The van der Waals surface area contributed by atoms with Gasteiger partial charge in [-0.3, -0.25) is 24.3 Å². The van der Waals surface area contributed by atoms with Crippen molar-refractivity contribution in [2.45, 2.75) is 23.2 Å². The summed E-state index contributed by atoms with van der Waals surface area (Å²) in [6.45, 7) is 0.990. The predicted octanol–water partition coefficient (Wildman–Crippen LogP) is -3.86. The van der Waals surface area contributed by atoms with Gasteiger partial charge in [0.25, 0.3) is 5.91 Å². The summed E-state index contributed by atoms with van der Waals surface area (Å²) in [5, 5.41) is 13.6. The number of carbonyl (C=O) groups excluding carboxylic acids is 4. The first-order valence-corrected chi connectivity index (χ1v) is 10.3. The number of thioether (sulfide) groups is 2. The van der Waals surface area contributed by atoms with Gasteiger partial charge in [0.15, 0.2) is 0 Å². The fraction of sp³-hybridized carbons (Fsp3) is 0.353. The van der Waals surface area contributed by atoms with E-state index in [1.54, 1.807) is 24.5 Å². The van der Waals surface area contributed by atoms with Gasteiger partial charge in [-0.05, 0) is 12.1 Å². The van der Waals surface area contributed by atoms with E-state index in [2.05, 4.69) is 10.3 Å². The zero-order valence-corrected chi connectivity index (χ0v) is 19.4. The minimum Gasteiger partial charge on any atom is -0.543 e. The summed E-state index contributed by atoms with van der Waals surface area (Å²) in [6, 6.07) is 2.74. The number of nitrogens with zero attached hydrogens (tertiary/aromatic N) is 2. The second-order valence-corrected chi connectivity index (χ2v) is 8.10. The molecule has 12 heteroatoms. The molecule has 9 nitrogen and oxygen atoms in total. The van der Waals surface area contributed by atoms with Crippen LogP contribution >= 0.6 is 23.5 Å². The van der Waals surface area contributed by atoms with Gasteiger partial charge in [-0.15, -0.1) is 23.5 Å². The van der Waals surface area contributed by atoms with E-state index >= 15 is 0 Å². The van der Waals surface area contributed by atoms with Crippen LogP contribution < -0.4 is 40.0 Å². The number of hydrogen-bond donors (Lipinski definition) is 1. The van der Waals surface area contributed by atoms with Gasteiger partial charge in [-0.1, -0.05) is 0 Å². The number of carboxylic acids is 1. The maximum atomic E-state index is 12.5. The first-order valence-electron chi connectivity index (χ1n) is 8.22. The number of pyridine rings is 1. The van der Waals surface area contributed by atoms with Crippen LogP contribution in [0.4, 0.5) is 0 Å². The Balaban J connectivity index is 0.00000300. The summed E-state index contributed by atoms with van der Waals surface area (Å²) >= 11 is 2.60. The molecule has 29 heavy (non-hydrogen) atoms. The number of hydrogen-bond acceptors (Lipinski definition) is 9. The minimum atomic E-state index is -1.51. The van der Waals surface area contributed by atoms with Gasteiger partial charge in [0.2, 0.25) is 5.91 Å².